The summed E-state index contributed by atoms with van der Waals surface area (Å²) in [6, 6.07) is 0. The van der Waals surface area contributed by atoms with Crippen LogP contribution in [0.25, 0.3) is 11.2 Å². The van der Waals surface area contributed by atoms with Crippen LogP contribution in [0.15, 0.2) is 15.1 Å². The molecule has 0 atom stereocenters. The molecule has 0 saturated carbocycles. The van der Waals surface area contributed by atoms with Gasteiger partial charge in [0.2, 0.25) is 12.4 Å². The van der Waals surface area contributed by atoms with Crippen LogP contribution in [-0.2, 0) is 0 Å². The summed E-state index contributed by atoms with van der Waals surface area (Å²) in [4.78, 5) is 0. The van der Waals surface area contributed by atoms with Crippen LogP contribution < -0.4 is 9.47 Å². The molecule has 1 aliphatic rings. The normalized spacial score (nSPS) is 14.5. The first-order valence-corrected chi connectivity index (χ1v) is 3.08. The zero-order valence-electron chi connectivity index (χ0n) is 5.36. The third-order valence-electron chi connectivity index (χ3n) is 1.53. The molecule has 0 aromatic carbocycles. The van der Waals surface area contributed by atoms with Gasteiger partial charge in [0.1, 0.15) is 6.20 Å². The molecular formula is C6H3NO4. The van der Waals surface area contributed by atoms with Gasteiger partial charge in [-0.05, 0) is 0 Å². The Kier molecular flexibility index (Phi) is 0.689. The first-order chi connectivity index (χ1) is 5.45. The van der Waals surface area contributed by atoms with Gasteiger partial charge in [0, 0.05) is 0 Å². The molecule has 56 valence electrons. The molecule has 2 aromatic rings. The molecule has 0 N–H and O–H groups in total. The molecule has 5 nitrogen and oxygen atoms in total. The standard InChI is InChI=1S/C6H3NO4/c1-3-4(11-7-1)5-6(10-3)9-2-8-5/h1H,2H2. The highest BCUT2D eigenvalue weighted by Gasteiger charge is 2.25. The van der Waals surface area contributed by atoms with E-state index in [2.05, 4.69) is 5.16 Å². The highest BCUT2D eigenvalue weighted by Crippen LogP contribution is 2.41. The van der Waals surface area contributed by atoms with Gasteiger partial charge in [-0.25, -0.2) is 0 Å². The fraction of sp³-hybridized carbons (Fsp3) is 0.167. The third kappa shape index (κ3) is 0.485. The van der Waals surface area contributed by atoms with Gasteiger partial charge in [0.15, 0.2) is 0 Å². The van der Waals surface area contributed by atoms with Gasteiger partial charge >= 0.3 is 5.95 Å². The Morgan fingerprint density at radius 2 is 2.36 bits per heavy atom. The molecule has 3 heterocycles. The van der Waals surface area contributed by atoms with E-state index in [0.717, 1.165) is 0 Å². The Morgan fingerprint density at radius 3 is 3.36 bits per heavy atom. The van der Waals surface area contributed by atoms with Crippen LogP contribution in [-0.4, -0.2) is 11.9 Å². The van der Waals surface area contributed by atoms with Crippen molar-refractivity contribution in [2.45, 2.75) is 0 Å². The number of nitrogens with zero attached hydrogens (tertiary/aromatic N) is 1. The SMILES string of the molecule is c1noc2c3c(oc12)OCO3. The van der Waals surface area contributed by atoms with Crippen molar-refractivity contribution in [1.82, 2.24) is 5.16 Å². The number of aromatic nitrogens is 1. The maximum atomic E-state index is 5.15. The number of fused-ring (bicyclic) bond motifs is 3. The smallest absolute Gasteiger partial charge is 0.336 e. The number of furan rings is 1. The predicted octanol–water partition coefficient (Wildman–Crippen LogP) is 1.15. The van der Waals surface area contributed by atoms with E-state index in [4.69, 9.17) is 18.4 Å². The Balaban J connectivity index is 2.46. The lowest BCUT2D eigenvalue weighted by molar-refractivity contribution is 0.153. The maximum absolute atomic E-state index is 5.15. The molecule has 3 rings (SSSR count). The number of hydrogen-bond acceptors (Lipinski definition) is 5. The van der Waals surface area contributed by atoms with E-state index in [-0.39, 0.29) is 6.79 Å². The molecule has 2 aromatic heterocycles. The van der Waals surface area contributed by atoms with Gasteiger partial charge in [-0.2, -0.15) is 0 Å². The summed E-state index contributed by atoms with van der Waals surface area (Å²) < 4.78 is 20.0. The van der Waals surface area contributed by atoms with E-state index in [1.54, 1.807) is 0 Å². The number of ether oxygens (including phenoxy) is 2. The second-order valence-electron chi connectivity index (χ2n) is 2.14. The summed E-state index contributed by atoms with van der Waals surface area (Å²) >= 11 is 0. The van der Waals surface area contributed by atoms with Crippen LogP contribution >= 0.6 is 0 Å². The van der Waals surface area contributed by atoms with Crippen LogP contribution in [0.3, 0.4) is 0 Å². The Morgan fingerprint density at radius 1 is 1.36 bits per heavy atom. The fourth-order valence-corrected chi connectivity index (χ4v) is 1.06. The van der Waals surface area contributed by atoms with Gasteiger partial charge in [-0.15, -0.1) is 0 Å². The monoisotopic (exact) mass is 153 g/mol. The van der Waals surface area contributed by atoms with Crippen LogP contribution in [0, 0.1) is 0 Å². The zero-order valence-corrected chi connectivity index (χ0v) is 5.36. The second kappa shape index (κ2) is 1.50. The van der Waals surface area contributed by atoms with Gasteiger partial charge in [-0.3, -0.25) is 0 Å². The molecule has 0 radical (unpaired) electrons. The van der Waals surface area contributed by atoms with Crippen molar-refractivity contribution >= 4 is 11.2 Å². The molecule has 0 unspecified atom stereocenters. The molecule has 0 aliphatic carbocycles. The Hall–Kier alpha value is -1.65. The highest BCUT2D eigenvalue weighted by molar-refractivity contribution is 5.80. The fourth-order valence-electron chi connectivity index (χ4n) is 1.06. The van der Waals surface area contributed by atoms with Gasteiger partial charge in [0.05, 0.1) is 0 Å². The zero-order chi connectivity index (χ0) is 7.26. The summed E-state index contributed by atoms with van der Waals surface area (Å²) in [5, 5.41) is 3.53. The highest BCUT2D eigenvalue weighted by atomic mass is 16.7. The van der Waals surface area contributed by atoms with Gasteiger partial charge in [0.25, 0.3) is 11.3 Å². The Bertz CT molecular complexity index is 402. The summed E-state index contributed by atoms with van der Waals surface area (Å²) in [6.45, 7) is 0.185. The van der Waals surface area contributed by atoms with Crippen molar-refractivity contribution in [3.8, 4) is 11.7 Å². The van der Waals surface area contributed by atoms with Crippen molar-refractivity contribution < 1.29 is 18.4 Å². The number of hydrogen-bond donors (Lipinski definition) is 0. The van der Waals surface area contributed by atoms with E-state index >= 15 is 0 Å². The first-order valence-electron chi connectivity index (χ1n) is 3.08. The van der Waals surface area contributed by atoms with E-state index in [0.29, 0.717) is 22.9 Å². The maximum Gasteiger partial charge on any atom is 0.336 e. The Labute approximate surface area is 60.5 Å². The van der Waals surface area contributed by atoms with Crippen molar-refractivity contribution in [3.63, 3.8) is 0 Å². The van der Waals surface area contributed by atoms with Crippen molar-refractivity contribution in [2.24, 2.45) is 0 Å². The average molecular weight is 153 g/mol. The first kappa shape index (κ1) is 5.06. The summed E-state index contributed by atoms with van der Waals surface area (Å²) in [6.07, 6.45) is 1.47. The van der Waals surface area contributed by atoms with Crippen LogP contribution in [0.1, 0.15) is 0 Å². The summed E-state index contributed by atoms with van der Waals surface area (Å²) in [7, 11) is 0. The lowest BCUT2D eigenvalue weighted by atomic mass is 10.5. The van der Waals surface area contributed by atoms with Gasteiger partial charge < -0.3 is 18.4 Å². The molecular weight excluding hydrogens is 150 g/mol. The predicted molar refractivity (Wildman–Crippen MR) is 32.4 cm³/mol. The molecule has 0 saturated heterocycles. The van der Waals surface area contributed by atoms with Crippen LogP contribution in [0.2, 0.25) is 0 Å². The van der Waals surface area contributed by atoms with Crippen molar-refractivity contribution in [2.75, 3.05) is 6.79 Å². The average Bonchev–Trinajstić information content (AvgIpc) is 2.52. The van der Waals surface area contributed by atoms with Crippen LogP contribution in [0.4, 0.5) is 0 Å². The third-order valence-corrected chi connectivity index (χ3v) is 1.53. The van der Waals surface area contributed by atoms with E-state index in [1.165, 1.54) is 6.20 Å². The van der Waals surface area contributed by atoms with E-state index in [1.807, 2.05) is 0 Å². The lowest BCUT2D eigenvalue weighted by Gasteiger charge is -1.86. The summed E-state index contributed by atoms with van der Waals surface area (Å²) in [5.41, 5.74) is 1.06. The molecule has 0 spiro atoms. The molecule has 1 aliphatic heterocycles. The second-order valence-corrected chi connectivity index (χ2v) is 2.14. The van der Waals surface area contributed by atoms with Crippen LogP contribution in [0.5, 0.6) is 11.7 Å². The molecule has 0 amide bonds. The van der Waals surface area contributed by atoms with Crippen molar-refractivity contribution in [1.29, 1.82) is 0 Å². The molecule has 0 fully saturated rings. The molecule has 0 bridgehead atoms. The largest absolute Gasteiger partial charge is 0.446 e. The van der Waals surface area contributed by atoms with E-state index < -0.39 is 0 Å². The minimum absolute atomic E-state index is 0.185. The summed E-state index contributed by atoms with van der Waals surface area (Å²) in [5.74, 6) is 0.888. The minimum Gasteiger partial charge on any atom is -0.446 e. The van der Waals surface area contributed by atoms with Gasteiger partial charge in [-0.1, -0.05) is 5.16 Å². The topological polar surface area (TPSA) is 57.6 Å². The van der Waals surface area contributed by atoms with E-state index in [9.17, 15) is 0 Å². The number of rotatable bonds is 0. The quantitative estimate of drug-likeness (QED) is 0.568. The molecule has 5 heteroatoms. The minimum atomic E-state index is 0.185. The van der Waals surface area contributed by atoms with Crippen molar-refractivity contribution in [3.05, 3.63) is 6.20 Å². The molecule has 11 heavy (non-hydrogen) atoms. The lowest BCUT2D eigenvalue weighted by Crippen LogP contribution is -1.93.